The van der Waals surface area contributed by atoms with Gasteiger partial charge in [0.1, 0.15) is 5.69 Å². The third-order valence-electron chi connectivity index (χ3n) is 4.61. The van der Waals surface area contributed by atoms with Gasteiger partial charge >= 0.3 is 0 Å². The SMILES string of the molecule is O=C(c1ccnc(N2CCCc3ccccc32)n1)N1CCCC1. The minimum Gasteiger partial charge on any atom is -0.337 e. The highest BCUT2D eigenvalue weighted by molar-refractivity contribution is 5.92. The Morgan fingerprint density at radius 3 is 2.70 bits per heavy atom. The number of aryl methyl sites for hydroxylation is 1. The highest BCUT2D eigenvalue weighted by Gasteiger charge is 2.24. The summed E-state index contributed by atoms with van der Waals surface area (Å²) in [6, 6.07) is 10.1. The number of hydrogen-bond acceptors (Lipinski definition) is 4. The second kappa shape index (κ2) is 5.99. The lowest BCUT2D eigenvalue weighted by Crippen LogP contribution is -2.30. The van der Waals surface area contributed by atoms with Crippen molar-refractivity contribution in [3.63, 3.8) is 0 Å². The molecular weight excluding hydrogens is 288 g/mol. The molecule has 0 spiro atoms. The van der Waals surface area contributed by atoms with Gasteiger partial charge in [0.25, 0.3) is 5.91 Å². The summed E-state index contributed by atoms with van der Waals surface area (Å²) in [5.41, 5.74) is 2.98. The van der Waals surface area contributed by atoms with Gasteiger partial charge in [-0.2, -0.15) is 0 Å². The number of carbonyl (C=O) groups excluding carboxylic acids is 1. The molecule has 23 heavy (non-hydrogen) atoms. The Hall–Kier alpha value is -2.43. The van der Waals surface area contributed by atoms with E-state index in [9.17, 15) is 4.79 Å². The van der Waals surface area contributed by atoms with Crippen LogP contribution in [0.5, 0.6) is 0 Å². The summed E-state index contributed by atoms with van der Waals surface area (Å²) in [6.07, 6.45) is 6.03. The van der Waals surface area contributed by atoms with Crippen molar-refractivity contribution in [1.29, 1.82) is 0 Å². The molecule has 1 aromatic heterocycles. The fourth-order valence-corrected chi connectivity index (χ4v) is 3.42. The number of aromatic nitrogens is 2. The molecule has 0 aliphatic carbocycles. The standard InChI is InChI=1S/C18H20N4O/c23-17(21-11-3-4-12-21)15-9-10-19-18(20-15)22-13-5-7-14-6-1-2-8-16(14)22/h1-2,6,8-10H,3-5,7,11-13H2. The molecule has 3 heterocycles. The minimum absolute atomic E-state index is 0.0245. The van der Waals surface area contributed by atoms with E-state index in [0.29, 0.717) is 11.6 Å². The number of carbonyl (C=O) groups is 1. The number of amides is 1. The summed E-state index contributed by atoms with van der Waals surface area (Å²) in [4.78, 5) is 25.5. The molecule has 1 saturated heterocycles. The zero-order valence-electron chi connectivity index (χ0n) is 13.1. The first-order valence-corrected chi connectivity index (χ1v) is 8.31. The maximum Gasteiger partial charge on any atom is 0.272 e. The van der Waals surface area contributed by atoms with Crippen molar-refractivity contribution in [2.45, 2.75) is 25.7 Å². The van der Waals surface area contributed by atoms with Crippen molar-refractivity contribution < 1.29 is 4.79 Å². The molecular formula is C18H20N4O. The van der Waals surface area contributed by atoms with Gasteiger partial charge in [-0.1, -0.05) is 18.2 Å². The van der Waals surface area contributed by atoms with E-state index >= 15 is 0 Å². The molecule has 0 bridgehead atoms. The molecule has 2 aromatic rings. The fourth-order valence-electron chi connectivity index (χ4n) is 3.42. The number of anilines is 2. The molecule has 0 atom stereocenters. The van der Waals surface area contributed by atoms with E-state index in [0.717, 1.165) is 51.0 Å². The maximum atomic E-state index is 12.5. The van der Waals surface area contributed by atoms with Gasteiger partial charge in [-0.05, 0) is 43.4 Å². The number of benzene rings is 1. The molecule has 0 radical (unpaired) electrons. The summed E-state index contributed by atoms with van der Waals surface area (Å²) in [5.74, 6) is 0.652. The number of likely N-dealkylation sites (tertiary alicyclic amines) is 1. The molecule has 0 unspecified atom stereocenters. The summed E-state index contributed by atoms with van der Waals surface area (Å²) < 4.78 is 0. The molecule has 118 valence electrons. The van der Waals surface area contributed by atoms with Crippen molar-refractivity contribution in [3.05, 3.63) is 47.8 Å². The molecule has 0 saturated carbocycles. The van der Waals surface area contributed by atoms with Crippen LogP contribution in [-0.4, -0.2) is 40.4 Å². The summed E-state index contributed by atoms with van der Waals surface area (Å²) in [6.45, 7) is 2.56. The van der Waals surface area contributed by atoms with Gasteiger partial charge < -0.3 is 9.80 Å². The van der Waals surface area contributed by atoms with Crippen LogP contribution in [0.1, 0.15) is 35.3 Å². The fraction of sp³-hybridized carbons (Fsp3) is 0.389. The number of hydrogen-bond donors (Lipinski definition) is 0. The second-order valence-corrected chi connectivity index (χ2v) is 6.13. The van der Waals surface area contributed by atoms with Crippen LogP contribution in [0.25, 0.3) is 0 Å². The first-order chi connectivity index (χ1) is 11.3. The highest BCUT2D eigenvalue weighted by atomic mass is 16.2. The quantitative estimate of drug-likeness (QED) is 0.856. The minimum atomic E-state index is 0.0245. The zero-order chi connectivity index (χ0) is 15.6. The van der Waals surface area contributed by atoms with Crippen LogP contribution in [-0.2, 0) is 6.42 Å². The molecule has 0 N–H and O–H groups in total. The average Bonchev–Trinajstić information content (AvgIpc) is 3.15. The van der Waals surface area contributed by atoms with Gasteiger partial charge in [-0.15, -0.1) is 0 Å². The summed E-state index contributed by atoms with van der Waals surface area (Å²) in [5, 5.41) is 0. The van der Waals surface area contributed by atoms with E-state index in [2.05, 4.69) is 33.1 Å². The van der Waals surface area contributed by atoms with Crippen LogP contribution >= 0.6 is 0 Å². The van der Waals surface area contributed by atoms with Crippen molar-refractivity contribution in [3.8, 4) is 0 Å². The van der Waals surface area contributed by atoms with Gasteiger partial charge in [0.2, 0.25) is 5.95 Å². The third kappa shape index (κ3) is 2.67. The highest BCUT2D eigenvalue weighted by Crippen LogP contribution is 2.31. The third-order valence-corrected chi connectivity index (χ3v) is 4.61. The lowest BCUT2D eigenvalue weighted by atomic mass is 10.0. The van der Waals surface area contributed by atoms with Crippen LogP contribution < -0.4 is 4.90 Å². The van der Waals surface area contributed by atoms with Gasteiger partial charge in [0, 0.05) is 31.5 Å². The Balaban J connectivity index is 1.66. The summed E-state index contributed by atoms with van der Waals surface area (Å²) >= 11 is 0. The van der Waals surface area contributed by atoms with E-state index in [4.69, 9.17) is 0 Å². The van der Waals surface area contributed by atoms with Crippen LogP contribution in [0.4, 0.5) is 11.6 Å². The van der Waals surface area contributed by atoms with E-state index in [1.165, 1.54) is 5.56 Å². The Kier molecular flexibility index (Phi) is 3.69. The smallest absolute Gasteiger partial charge is 0.272 e. The zero-order valence-corrected chi connectivity index (χ0v) is 13.1. The first-order valence-electron chi connectivity index (χ1n) is 8.31. The van der Waals surface area contributed by atoms with E-state index in [1.54, 1.807) is 12.3 Å². The van der Waals surface area contributed by atoms with E-state index in [-0.39, 0.29) is 5.91 Å². The number of rotatable bonds is 2. The molecule has 5 heteroatoms. The summed E-state index contributed by atoms with van der Waals surface area (Å²) in [7, 11) is 0. The average molecular weight is 308 g/mol. The van der Waals surface area contributed by atoms with E-state index < -0.39 is 0 Å². The maximum absolute atomic E-state index is 12.5. The number of fused-ring (bicyclic) bond motifs is 1. The van der Waals surface area contributed by atoms with Crippen molar-refractivity contribution in [2.24, 2.45) is 0 Å². The topological polar surface area (TPSA) is 49.3 Å². The van der Waals surface area contributed by atoms with Crippen LogP contribution in [0.2, 0.25) is 0 Å². The second-order valence-electron chi connectivity index (χ2n) is 6.13. The predicted octanol–water partition coefficient (Wildman–Crippen LogP) is 2.80. The van der Waals surface area contributed by atoms with Crippen molar-refractivity contribution >= 4 is 17.5 Å². The molecule has 2 aliphatic rings. The van der Waals surface area contributed by atoms with Crippen LogP contribution in [0.15, 0.2) is 36.5 Å². The number of nitrogens with zero attached hydrogens (tertiary/aromatic N) is 4. The van der Waals surface area contributed by atoms with Crippen LogP contribution in [0.3, 0.4) is 0 Å². The predicted molar refractivity (Wildman–Crippen MR) is 88.9 cm³/mol. The molecule has 1 aromatic carbocycles. The number of para-hydroxylation sites is 1. The lowest BCUT2D eigenvalue weighted by molar-refractivity contribution is 0.0787. The largest absolute Gasteiger partial charge is 0.337 e. The Labute approximate surface area is 136 Å². The Morgan fingerprint density at radius 1 is 1.00 bits per heavy atom. The molecule has 2 aliphatic heterocycles. The molecule has 1 fully saturated rings. The molecule has 5 nitrogen and oxygen atoms in total. The van der Waals surface area contributed by atoms with Gasteiger partial charge in [-0.25, -0.2) is 9.97 Å². The van der Waals surface area contributed by atoms with E-state index in [1.807, 2.05) is 11.0 Å². The lowest BCUT2D eigenvalue weighted by Gasteiger charge is -2.29. The molecule has 1 amide bonds. The monoisotopic (exact) mass is 308 g/mol. The van der Waals surface area contributed by atoms with Gasteiger partial charge in [0.05, 0.1) is 0 Å². The Morgan fingerprint density at radius 2 is 1.83 bits per heavy atom. The van der Waals surface area contributed by atoms with Crippen molar-refractivity contribution in [2.75, 3.05) is 24.5 Å². The van der Waals surface area contributed by atoms with Gasteiger partial charge in [0.15, 0.2) is 0 Å². The van der Waals surface area contributed by atoms with Gasteiger partial charge in [-0.3, -0.25) is 4.79 Å². The normalized spacial score (nSPS) is 17.2. The molecule has 4 rings (SSSR count). The Bertz CT molecular complexity index is 724. The first kappa shape index (κ1) is 14.2. The van der Waals surface area contributed by atoms with Crippen molar-refractivity contribution in [1.82, 2.24) is 14.9 Å². The van der Waals surface area contributed by atoms with Crippen LogP contribution in [0, 0.1) is 0 Å².